The van der Waals surface area contributed by atoms with E-state index < -0.39 is 0 Å². The van der Waals surface area contributed by atoms with Crippen molar-refractivity contribution >= 4 is 23.3 Å². The van der Waals surface area contributed by atoms with Crippen LogP contribution in [0.3, 0.4) is 0 Å². The van der Waals surface area contributed by atoms with Crippen LogP contribution in [0.4, 0.5) is 0 Å². The SMILES string of the molecule is CN(Cc1nc2c(C(=O)NCCC3=C[NH2+]C=N3)cccc2[nH]1)C1CCCc2cccnc21. The topological polar surface area (TPSA) is 103 Å². The maximum atomic E-state index is 12.8. The average Bonchev–Trinajstić information content (AvgIpc) is 3.47. The molecule has 2 aromatic heterocycles. The van der Waals surface area contributed by atoms with Gasteiger partial charge >= 0.3 is 0 Å². The minimum Gasteiger partial charge on any atom is -0.352 e. The molecule has 8 nitrogen and oxygen atoms in total. The molecule has 1 atom stereocenters. The molecule has 3 heterocycles. The molecular weight excluding hydrogens is 402 g/mol. The van der Waals surface area contributed by atoms with E-state index in [0.717, 1.165) is 29.9 Å². The second kappa shape index (κ2) is 9.02. The average molecular weight is 431 g/mol. The molecule has 1 aliphatic heterocycles. The van der Waals surface area contributed by atoms with E-state index in [1.165, 1.54) is 17.7 Å². The molecule has 0 radical (unpaired) electrons. The van der Waals surface area contributed by atoms with Crippen LogP contribution < -0.4 is 10.6 Å². The molecule has 164 valence electrons. The van der Waals surface area contributed by atoms with E-state index in [9.17, 15) is 4.79 Å². The fourth-order valence-electron chi connectivity index (χ4n) is 4.58. The van der Waals surface area contributed by atoms with Crippen molar-refractivity contribution < 1.29 is 10.1 Å². The number of quaternary nitrogens is 1. The summed E-state index contributed by atoms with van der Waals surface area (Å²) in [5.74, 6) is 0.741. The number of aryl methyl sites for hydroxylation is 1. The van der Waals surface area contributed by atoms with Crippen LogP contribution in [-0.4, -0.2) is 45.7 Å². The van der Waals surface area contributed by atoms with Gasteiger partial charge in [0.1, 0.15) is 23.2 Å². The Morgan fingerprint density at radius 2 is 2.25 bits per heavy atom. The van der Waals surface area contributed by atoms with Crippen LogP contribution in [0.25, 0.3) is 11.0 Å². The molecule has 32 heavy (non-hydrogen) atoms. The molecule has 1 amide bonds. The van der Waals surface area contributed by atoms with Gasteiger partial charge in [0, 0.05) is 19.2 Å². The number of pyridine rings is 1. The smallest absolute Gasteiger partial charge is 0.253 e. The maximum Gasteiger partial charge on any atom is 0.253 e. The van der Waals surface area contributed by atoms with Gasteiger partial charge in [0.05, 0.1) is 29.4 Å². The lowest BCUT2D eigenvalue weighted by Gasteiger charge is -2.31. The molecule has 0 saturated carbocycles. The first kappa shape index (κ1) is 20.5. The number of fused-ring (bicyclic) bond motifs is 2. The van der Waals surface area contributed by atoms with E-state index in [4.69, 9.17) is 4.98 Å². The highest BCUT2D eigenvalue weighted by atomic mass is 16.1. The predicted octanol–water partition coefficient (Wildman–Crippen LogP) is 2.03. The van der Waals surface area contributed by atoms with Crippen LogP contribution in [0, 0.1) is 0 Å². The van der Waals surface area contributed by atoms with E-state index in [1.54, 1.807) is 6.34 Å². The first-order valence-electron chi connectivity index (χ1n) is 11.2. The first-order chi connectivity index (χ1) is 15.7. The number of nitrogens with one attached hydrogen (secondary N) is 2. The normalized spacial score (nSPS) is 17.6. The Bertz CT molecular complexity index is 1200. The van der Waals surface area contributed by atoms with Crippen molar-refractivity contribution in [2.24, 2.45) is 4.99 Å². The third kappa shape index (κ3) is 4.19. The number of rotatable bonds is 7. The number of aromatic amines is 1. The van der Waals surface area contributed by atoms with Crippen LogP contribution in [0.1, 0.15) is 52.7 Å². The minimum absolute atomic E-state index is 0.112. The molecular formula is C24H28N7O+. The van der Waals surface area contributed by atoms with Gasteiger partial charge in [-0.2, -0.15) is 0 Å². The van der Waals surface area contributed by atoms with E-state index in [0.29, 0.717) is 30.6 Å². The first-order valence-corrected chi connectivity index (χ1v) is 11.2. The molecule has 2 aliphatic rings. The van der Waals surface area contributed by atoms with Gasteiger partial charge in [0.2, 0.25) is 0 Å². The highest BCUT2D eigenvalue weighted by Crippen LogP contribution is 2.32. The molecule has 8 heteroatoms. The Morgan fingerprint density at radius 1 is 1.31 bits per heavy atom. The number of aliphatic imine (C=N–C) groups is 1. The third-order valence-electron chi connectivity index (χ3n) is 6.18. The molecule has 1 aromatic carbocycles. The molecule has 3 aromatic rings. The molecule has 0 bridgehead atoms. The molecule has 0 saturated heterocycles. The van der Waals surface area contributed by atoms with Crippen LogP contribution >= 0.6 is 0 Å². The maximum absolute atomic E-state index is 12.8. The number of nitrogens with two attached hydrogens (primary N) is 1. The third-order valence-corrected chi connectivity index (χ3v) is 6.18. The summed E-state index contributed by atoms with van der Waals surface area (Å²) in [4.78, 5) is 32.2. The van der Waals surface area contributed by atoms with Crippen LogP contribution in [-0.2, 0) is 13.0 Å². The standard InChI is InChI=1S/C24H27N7O/c1-31(20-9-2-5-16-6-4-11-26-22(16)20)14-21-29-19-8-3-7-18(23(19)30-21)24(32)27-12-10-17-13-25-15-28-17/h3-4,6-8,11,13,15,20H,2,5,9-10,12,14H2,1H3,(H,25,28)(H,27,32)(H,29,30)/p+1. The number of hydrogen-bond acceptors (Lipinski definition) is 5. The predicted molar refractivity (Wildman–Crippen MR) is 123 cm³/mol. The number of carbonyl (C=O) groups excluding carboxylic acids is 1. The highest BCUT2D eigenvalue weighted by molar-refractivity contribution is 6.04. The van der Waals surface area contributed by atoms with Gasteiger partial charge < -0.3 is 10.3 Å². The summed E-state index contributed by atoms with van der Waals surface area (Å²) in [6, 6.07) is 10.2. The molecule has 1 aliphatic carbocycles. The van der Waals surface area contributed by atoms with Crippen LogP contribution in [0.2, 0.25) is 0 Å². The van der Waals surface area contributed by atoms with Crippen LogP contribution in [0.15, 0.2) is 53.4 Å². The monoisotopic (exact) mass is 430 g/mol. The Hall–Kier alpha value is -3.36. The van der Waals surface area contributed by atoms with Crippen molar-refractivity contribution in [1.29, 1.82) is 0 Å². The van der Waals surface area contributed by atoms with Gasteiger partial charge in [-0.3, -0.25) is 20.0 Å². The lowest BCUT2D eigenvalue weighted by Crippen LogP contribution is -2.74. The quantitative estimate of drug-likeness (QED) is 0.534. The number of hydrogen-bond donors (Lipinski definition) is 3. The molecule has 0 fully saturated rings. The van der Waals surface area contributed by atoms with Crippen molar-refractivity contribution in [3.63, 3.8) is 0 Å². The Kier molecular flexibility index (Phi) is 5.79. The number of para-hydroxylation sites is 1. The Labute approximate surface area is 186 Å². The second-order valence-corrected chi connectivity index (χ2v) is 8.39. The fourth-order valence-corrected chi connectivity index (χ4v) is 4.58. The summed E-state index contributed by atoms with van der Waals surface area (Å²) in [7, 11) is 2.12. The van der Waals surface area contributed by atoms with Crippen molar-refractivity contribution in [2.75, 3.05) is 13.6 Å². The number of carbonyl (C=O) groups is 1. The number of H-pyrrole nitrogens is 1. The molecule has 1 unspecified atom stereocenters. The summed E-state index contributed by atoms with van der Waals surface area (Å²) in [5, 5.41) is 4.90. The zero-order valence-corrected chi connectivity index (χ0v) is 18.2. The second-order valence-electron chi connectivity index (χ2n) is 8.39. The summed E-state index contributed by atoms with van der Waals surface area (Å²) in [6.07, 6.45) is 9.67. The van der Waals surface area contributed by atoms with Gasteiger partial charge in [-0.15, -0.1) is 0 Å². The van der Waals surface area contributed by atoms with Crippen molar-refractivity contribution in [1.82, 2.24) is 25.2 Å². The fraction of sp³-hybridized carbons (Fsp3) is 0.333. The number of benzene rings is 1. The van der Waals surface area contributed by atoms with E-state index in [-0.39, 0.29) is 11.9 Å². The summed E-state index contributed by atoms with van der Waals surface area (Å²) >= 11 is 0. The lowest BCUT2D eigenvalue weighted by atomic mass is 9.91. The highest BCUT2D eigenvalue weighted by Gasteiger charge is 2.25. The summed E-state index contributed by atoms with van der Waals surface area (Å²) in [6.45, 7) is 1.21. The Balaban J connectivity index is 1.30. The molecule has 4 N–H and O–H groups in total. The van der Waals surface area contributed by atoms with Crippen molar-refractivity contribution in [3.05, 3.63) is 71.1 Å². The van der Waals surface area contributed by atoms with Gasteiger partial charge in [-0.25, -0.2) is 9.98 Å². The van der Waals surface area contributed by atoms with E-state index >= 15 is 0 Å². The molecule has 0 spiro atoms. The summed E-state index contributed by atoms with van der Waals surface area (Å²) in [5.41, 5.74) is 5.68. The zero-order chi connectivity index (χ0) is 21.9. The number of aromatic nitrogens is 3. The number of amides is 1. The number of nitrogens with zero attached hydrogens (tertiary/aromatic N) is 4. The van der Waals surface area contributed by atoms with E-state index in [1.807, 2.05) is 42.0 Å². The Morgan fingerprint density at radius 3 is 3.12 bits per heavy atom. The van der Waals surface area contributed by atoms with Crippen molar-refractivity contribution in [3.8, 4) is 0 Å². The van der Waals surface area contributed by atoms with Gasteiger partial charge in [-0.05, 0) is 50.1 Å². The lowest BCUT2D eigenvalue weighted by molar-refractivity contribution is -0.447. The summed E-state index contributed by atoms with van der Waals surface area (Å²) < 4.78 is 0. The largest absolute Gasteiger partial charge is 0.352 e. The van der Waals surface area contributed by atoms with Gasteiger partial charge in [0.25, 0.3) is 5.91 Å². The molecule has 5 rings (SSSR count). The van der Waals surface area contributed by atoms with Gasteiger partial charge in [-0.1, -0.05) is 12.1 Å². The van der Waals surface area contributed by atoms with Crippen molar-refractivity contribution in [2.45, 2.75) is 38.3 Å². The van der Waals surface area contributed by atoms with E-state index in [2.05, 4.69) is 38.3 Å². The minimum atomic E-state index is -0.112. The van der Waals surface area contributed by atoms with Crippen LogP contribution in [0.5, 0.6) is 0 Å². The zero-order valence-electron chi connectivity index (χ0n) is 18.2. The number of imidazole rings is 1. The van der Waals surface area contributed by atoms with Gasteiger partial charge in [0.15, 0.2) is 6.34 Å².